The van der Waals surface area contributed by atoms with Gasteiger partial charge in [-0.15, -0.1) is 0 Å². The van der Waals surface area contributed by atoms with Gasteiger partial charge in [0.2, 0.25) is 0 Å². The van der Waals surface area contributed by atoms with Crippen molar-refractivity contribution < 1.29 is 9.53 Å². The molecule has 0 unspecified atom stereocenters. The van der Waals surface area contributed by atoms with Crippen LogP contribution in [0.5, 0.6) is 5.75 Å². The molecule has 0 fully saturated rings. The molecule has 2 aromatic carbocycles. The molecule has 1 aromatic heterocycles. The lowest BCUT2D eigenvalue weighted by molar-refractivity contribution is 0.112. The minimum atomic E-state index is 0.515. The highest BCUT2D eigenvalue weighted by Crippen LogP contribution is 2.27. The van der Waals surface area contributed by atoms with Crippen molar-refractivity contribution in [2.24, 2.45) is 0 Å². The summed E-state index contributed by atoms with van der Waals surface area (Å²) in [6.45, 7) is 0.515. The third-order valence-electron chi connectivity index (χ3n) is 3.08. The molecule has 0 amide bonds. The fourth-order valence-corrected chi connectivity index (χ4v) is 2.11. The Hall–Kier alpha value is -2.55. The predicted octanol–water partition coefficient (Wildman–Crippen LogP) is 3.56. The fourth-order valence-electron chi connectivity index (χ4n) is 2.11. The Bertz CT molecular complexity index is 701. The molecule has 1 heterocycles. The zero-order chi connectivity index (χ0) is 13.1. The number of nitrogens with one attached hydrogen (secondary N) is 1. The fraction of sp³-hybridized carbons (Fsp3) is 0.0625. The highest BCUT2D eigenvalue weighted by atomic mass is 16.5. The second-order valence-electron chi connectivity index (χ2n) is 4.31. The highest BCUT2D eigenvalue weighted by Gasteiger charge is 2.07. The number of aldehydes is 1. The van der Waals surface area contributed by atoms with E-state index in [2.05, 4.69) is 4.98 Å². The van der Waals surface area contributed by atoms with E-state index in [1.165, 1.54) is 0 Å². The van der Waals surface area contributed by atoms with Crippen molar-refractivity contribution in [1.29, 1.82) is 0 Å². The number of hydrogen-bond donors (Lipinski definition) is 1. The molecular formula is C16H13NO2. The Balaban J connectivity index is 1.89. The lowest BCUT2D eigenvalue weighted by atomic mass is 10.1. The monoisotopic (exact) mass is 251 g/mol. The number of fused-ring (bicyclic) bond motifs is 1. The third-order valence-corrected chi connectivity index (χ3v) is 3.08. The summed E-state index contributed by atoms with van der Waals surface area (Å²) in [5, 5.41) is 0.931. The topological polar surface area (TPSA) is 42.1 Å². The van der Waals surface area contributed by atoms with Crippen LogP contribution in [0.2, 0.25) is 0 Å². The number of carbonyl (C=O) groups is 1. The smallest absolute Gasteiger partial charge is 0.152 e. The molecular weight excluding hydrogens is 238 g/mol. The second-order valence-corrected chi connectivity index (χ2v) is 4.31. The highest BCUT2D eigenvalue weighted by molar-refractivity contribution is 5.98. The number of aromatic nitrogens is 1. The van der Waals surface area contributed by atoms with Crippen LogP contribution in [0, 0.1) is 0 Å². The largest absolute Gasteiger partial charge is 0.488 e. The summed E-state index contributed by atoms with van der Waals surface area (Å²) in [6, 6.07) is 15.5. The van der Waals surface area contributed by atoms with Gasteiger partial charge in [-0.1, -0.05) is 30.3 Å². The van der Waals surface area contributed by atoms with E-state index < -0.39 is 0 Å². The zero-order valence-electron chi connectivity index (χ0n) is 10.3. The molecule has 0 aliphatic heterocycles. The Kier molecular flexibility index (Phi) is 3.02. The molecule has 0 saturated heterocycles. The van der Waals surface area contributed by atoms with Crippen LogP contribution < -0.4 is 4.74 Å². The van der Waals surface area contributed by atoms with Crippen LogP contribution in [0.15, 0.2) is 54.7 Å². The maximum absolute atomic E-state index is 10.9. The van der Waals surface area contributed by atoms with Gasteiger partial charge in [0, 0.05) is 17.1 Å². The molecule has 3 heteroatoms. The van der Waals surface area contributed by atoms with E-state index in [4.69, 9.17) is 4.74 Å². The Morgan fingerprint density at radius 2 is 1.89 bits per heavy atom. The number of ether oxygens (including phenoxy) is 1. The van der Waals surface area contributed by atoms with E-state index in [1.54, 1.807) is 6.07 Å². The minimum Gasteiger partial charge on any atom is -0.488 e. The summed E-state index contributed by atoms with van der Waals surface area (Å²) >= 11 is 0. The Morgan fingerprint density at radius 3 is 2.68 bits per heavy atom. The standard InChI is InChI=1S/C16H13NO2/c18-10-13-6-7-15(14-8-9-17-16(13)14)19-11-12-4-2-1-3-5-12/h1-10,17H,11H2. The van der Waals surface area contributed by atoms with Crippen LogP contribution in [-0.4, -0.2) is 11.3 Å². The molecule has 0 radical (unpaired) electrons. The minimum absolute atomic E-state index is 0.515. The SMILES string of the molecule is O=Cc1ccc(OCc2ccccc2)c2cc[nH]c12. The number of carbonyl (C=O) groups excluding carboxylic acids is 1. The summed E-state index contributed by atoms with van der Waals surface area (Å²) in [7, 11) is 0. The lowest BCUT2D eigenvalue weighted by Crippen LogP contribution is -1.96. The van der Waals surface area contributed by atoms with Crippen molar-refractivity contribution in [1.82, 2.24) is 4.98 Å². The van der Waals surface area contributed by atoms with Gasteiger partial charge < -0.3 is 9.72 Å². The molecule has 3 rings (SSSR count). The number of H-pyrrole nitrogens is 1. The van der Waals surface area contributed by atoms with Gasteiger partial charge in [-0.05, 0) is 23.8 Å². The summed E-state index contributed by atoms with van der Waals surface area (Å²) in [5.74, 6) is 0.783. The van der Waals surface area contributed by atoms with Crippen molar-refractivity contribution in [3.05, 3.63) is 65.9 Å². The summed E-state index contributed by atoms with van der Waals surface area (Å²) < 4.78 is 5.83. The third kappa shape index (κ3) is 2.22. The number of aromatic amines is 1. The molecule has 19 heavy (non-hydrogen) atoms. The van der Waals surface area contributed by atoms with Gasteiger partial charge in [0.25, 0.3) is 0 Å². The molecule has 0 aliphatic carbocycles. The molecule has 3 nitrogen and oxygen atoms in total. The molecule has 0 saturated carbocycles. The lowest BCUT2D eigenvalue weighted by Gasteiger charge is -2.08. The molecule has 3 aromatic rings. The van der Waals surface area contributed by atoms with Crippen molar-refractivity contribution in [3.8, 4) is 5.75 Å². The second kappa shape index (κ2) is 4.98. The van der Waals surface area contributed by atoms with Crippen molar-refractivity contribution >= 4 is 17.2 Å². The van der Waals surface area contributed by atoms with Gasteiger partial charge in [-0.3, -0.25) is 4.79 Å². The molecule has 1 N–H and O–H groups in total. The average Bonchev–Trinajstić information content (AvgIpc) is 2.95. The summed E-state index contributed by atoms with van der Waals surface area (Å²) in [4.78, 5) is 14.0. The maximum atomic E-state index is 10.9. The Morgan fingerprint density at radius 1 is 1.05 bits per heavy atom. The van der Waals surface area contributed by atoms with Crippen LogP contribution in [-0.2, 0) is 6.61 Å². The van der Waals surface area contributed by atoms with E-state index in [9.17, 15) is 4.79 Å². The van der Waals surface area contributed by atoms with Crippen LogP contribution >= 0.6 is 0 Å². The average molecular weight is 251 g/mol. The Labute approximate surface area is 110 Å². The van der Waals surface area contributed by atoms with Crippen LogP contribution in [0.1, 0.15) is 15.9 Å². The molecule has 0 spiro atoms. The first kappa shape index (κ1) is 11.5. The molecule has 94 valence electrons. The quantitative estimate of drug-likeness (QED) is 0.720. The van der Waals surface area contributed by atoms with E-state index in [1.807, 2.05) is 48.7 Å². The van der Waals surface area contributed by atoms with Gasteiger partial charge >= 0.3 is 0 Å². The maximum Gasteiger partial charge on any atom is 0.152 e. The van der Waals surface area contributed by atoms with E-state index in [0.29, 0.717) is 12.2 Å². The van der Waals surface area contributed by atoms with Gasteiger partial charge in [-0.2, -0.15) is 0 Å². The number of hydrogen-bond acceptors (Lipinski definition) is 2. The first-order valence-electron chi connectivity index (χ1n) is 6.10. The van der Waals surface area contributed by atoms with Crippen molar-refractivity contribution in [2.45, 2.75) is 6.61 Å². The zero-order valence-corrected chi connectivity index (χ0v) is 10.3. The summed E-state index contributed by atoms with van der Waals surface area (Å²) in [5.41, 5.74) is 2.58. The van der Waals surface area contributed by atoms with Crippen molar-refractivity contribution in [3.63, 3.8) is 0 Å². The number of benzene rings is 2. The predicted molar refractivity (Wildman–Crippen MR) is 74.5 cm³/mol. The molecule has 0 bridgehead atoms. The van der Waals surface area contributed by atoms with E-state index in [-0.39, 0.29) is 0 Å². The summed E-state index contributed by atoms with van der Waals surface area (Å²) in [6.07, 6.45) is 2.66. The van der Waals surface area contributed by atoms with Gasteiger partial charge in [0.1, 0.15) is 12.4 Å². The van der Waals surface area contributed by atoms with Crippen LogP contribution in [0.25, 0.3) is 10.9 Å². The van der Waals surface area contributed by atoms with Crippen LogP contribution in [0.3, 0.4) is 0 Å². The van der Waals surface area contributed by atoms with Gasteiger partial charge in [-0.25, -0.2) is 0 Å². The van der Waals surface area contributed by atoms with E-state index in [0.717, 1.165) is 28.5 Å². The first-order chi connectivity index (χ1) is 9.38. The normalized spacial score (nSPS) is 10.5. The van der Waals surface area contributed by atoms with E-state index >= 15 is 0 Å². The van der Waals surface area contributed by atoms with Crippen molar-refractivity contribution in [2.75, 3.05) is 0 Å². The van der Waals surface area contributed by atoms with Gasteiger partial charge in [0.05, 0.1) is 5.52 Å². The van der Waals surface area contributed by atoms with Crippen LogP contribution in [0.4, 0.5) is 0 Å². The first-order valence-corrected chi connectivity index (χ1v) is 6.10. The van der Waals surface area contributed by atoms with Gasteiger partial charge in [0.15, 0.2) is 6.29 Å². The number of rotatable bonds is 4. The molecule has 0 aliphatic rings. The molecule has 0 atom stereocenters.